The number of rotatable bonds is 6. The quantitative estimate of drug-likeness (QED) is 0.808. The van der Waals surface area contributed by atoms with E-state index in [1.165, 1.54) is 0 Å². The van der Waals surface area contributed by atoms with Crippen LogP contribution in [-0.4, -0.2) is 13.1 Å². The van der Waals surface area contributed by atoms with Crippen LogP contribution in [0.2, 0.25) is 0 Å². The number of alkyl halides is 1. The molecule has 20 heavy (non-hydrogen) atoms. The van der Waals surface area contributed by atoms with Gasteiger partial charge in [0.05, 0.1) is 0 Å². The van der Waals surface area contributed by atoms with Gasteiger partial charge in [-0.3, -0.25) is 4.72 Å². The van der Waals surface area contributed by atoms with E-state index in [9.17, 15) is 8.42 Å². The molecule has 2 rings (SSSR count). The largest absolute Gasteiger partial charge is 0.489 e. The van der Waals surface area contributed by atoms with Gasteiger partial charge in [-0.1, -0.05) is 46.3 Å². The zero-order chi connectivity index (χ0) is 14.4. The molecule has 0 unspecified atom stereocenters. The Hall–Kier alpha value is -1.53. The molecular formula is C14H14BrNO3S. The molecule has 0 fully saturated rings. The first-order chi connectivity index (χ1) is 9.59. The van der Waals surface area contributed by atoms with Crippen molar-refractivity contribution in [2.24, 2.45) is 0 Å². The van der Waals surface area contributed by atoms with Crippen molar-refractivity contribution >= 4 is 31.6 Å². The maximum Gasteiger partial charge on any atom is 0.242 e. The predicted octanol–water partition coefficient (Wildman–Crippen LogP) is 3.36. The lowest BCUT2D eigenvalue weighted by Crippen LogP contribution is -2.12. The second-order valence-electron chi connectivity index (χ2n) is 4.12. The van der Waals surface area contributed by atoms with Crippen molar-refractivity contribution in [3.63, 3.8) is 0 Å². The fraction of sp³-hybridized carbons (Fsp3) is 0.143. The summed E-state index contributed by atoms with van der Waals surface area (Å²) in [4.78, 5) is 0. The molecule has 0 aliphatic carbocycles. The van der Waals surface area contributed by atoms with Gasteiger partial charge in [-0.05, 0) is 29.8 Å². The summed E-state index contributed by atoms with van der Waals surface area (Å²) < 4.78 is 30.7. The van der Waals surface area contributed by atoms with E-state index >= 15 is 0 Å². The summed E-state index contributed by atoms with van der Waals surface area (Å²) in [5.41, 5.74) is 1.59. The fourth-order valence-corrected chi connectivity index (χ4v) is 2.46. The van der Waals surface area contributed by atoms with Crippen LogP contribution in [0.15, 0.2) is 54.6 Å². The fourth-order valence-electron chi connectivity index (χ4n) is 1.57. The number of hydrogen-bond acceptors (Lipinski definition) is 3. The van der Waals surface area contributed by atoms with Crippen molar-refractivity contribution < 1.29 is 13.2 Å². The molecule has 0 atom stereocenters. The van der Waals surface area contributed by atoms with Crippen LogP contribution in [0.4, 0.5) is 5.69 Å². The van der Waals surface area contributed by atoms with Crippen molar-refractivity contribution in [1.29, 1.82) is 0 Å². The molecule has 2 aromatic rings. The molecule has 0 amide bonds. The Balaban J connectivity index is 1.95. The summed E-state index contributed by atoms with van der Waals surface area (Å²) in [6.07, 6.45) is 0. The molecule has 1 N–H and O–H groups in total. The minimum atomic E-state index is -3.31. The Kier molecular flexibility index (Phi) is 5.03. The number of nitrogens with one attached hydrogen (secondary N) is 1. The molecule has 0 aliphatic heterocycles. The van der Waals surface area contributed by atoms with Gasteiger partial charge in [-0.15, -0.1) is 0 Å². The maximum atomic E-state index is 11.4. The topological polar surface area (TPSA) is 55.4 Å². The first-order valence-electron chi connectivity index (χ1n) is 5.92. The minimum absolute atomic E-state index is 0.133. The molecule has 0 aliphatic rings. The summed E-state index contributed by atoms with van der Waals surface area (Å²) in [6.45, 7) is 0.479. The van der Waals surface area contributed by atoms with Crippen LogP contribution in [0.1, 0.15) is 5.56 Å². The lowest BCUT2D eigenvalue weighted by molar-refractivity contribution is 0.306. The highest BCUT2D eigenvalue weighted by molar-refractivity contribution is 9.10. The zero-order valence-electron chi connectivity index (χ0n) is 10.6. The molecule has 4 nitrogen and oxygen atoms in total. The van der Waals surface area contributed by atoms with Crippen LogP contribution in [0.3, 0.4) is 0 Å². The minimum Gasteiger partial charge on any atom is -0.489 e. The number of hydrogen-bond donors (Lipinski definition) is 1. The molecule has 0 radical (unpaired) electrons. The van der Waals surface area contributed by atoms with Crippen LogP contribution in [0.5, 0.6) is 5.75 Å². The summed E-state index contributed by atoms with van der Waals surface area (Å²) >= 11 is 2.92. The molecule has 0 bridgehead atoms. The molecule has 0 saturated heterocycles. The van der Waals surface area contributed by atoms with Gasteiger partial charge in [-0.25, -0.2) is 8.42 Å². The Bertz CT molecular complexity index is 642. The van der Waals surface area contributed by atoms with E-state index in [0.717, 1.165) is 5.56 Å². The monoisotopic (exact) mass is 355 g/mol. The van der Waals surface area contributed by atoms with Crippen LogP contribution in [0, 0.1) is 0 Å². The number of halogens is 1. The maximum absolute atomic E-state index is 11.4. The average molecular weight is 356 g/mol. The van der Waals surface area contributed by atoms with E-state index in [2.05, 4.69) is 20.7 Å². The van der Waals surface area contributed by atoms with Gasteiger partial charge in [0, 0.05) is 5.69 Å². The molecule has 0 heterocycles. The SMILES string of the molecule is O=S(=O)(CBr)Nc1ccc(OCc2ccccc2)cc1. The van der Waals surface area contributed by atoms with Gasteiger partial charge >= 0.3 is 0 Å². The molecule has 2 aromatic carbocycles. The van der Waals surface area contributed by atoms with Crippen molar-refractivity contribution in [3.05, 3.63) is 60.2 Å². The third-order valence-electron chi connectivity index (χ3n) is 2.52. The first kappa shape index (κ1) is 14.9. The van der Waals surface area contributed by atoms with E-state index in [1.807, 2.05) is 30.3 Å². The lowest BCUT2D eigenvalue weighted by atomic mass is 10.2. The van der Waals surface area contributed by atoms with Crippen molar-refractivity contribution in [1.82, 2.24) is 0 Å². The van der Waals surface area contributed by atoms with Crippen LogP contribution < -0.4 is 9.46 Å². The standard InChI is InChI=1S/C14H14BrNO3S/c15-11-20(17,18)16-13-6-8-14(9-7-13)19-10-12-4-2-1-3-5-12/h1-9,16H,10-11H2. The van der Waals surface area contributed by atoms with E-state index in [4.69, 9.17) is 4.74 Å². The molecule has 106 valence electrons. The van der Waals surface area contributed by atoms with E-state index < -0.39 is 10.0 Å². The van der Waals surface area contributed by atoms with Crippen LogP contribution in [0.25, 0.3) is 0 Å². The highest BCUT2D eigenvalue weighted by atomic mass is 79.9. The number of sulfonamides is 1. The van der Waals surface area contributed by atoms with E-state index in [0.29, 0.717) is 18.0 Å². The summed E-state index contributed by atoms with van der Waals surface area (Å²) in [7, 11) is -3.31. The third kappa shape index (κ3) is 4.54. The first-order valence-corrected chi connectivity index (χ1v) is 8.70. The molecule has 0 aromatic heterocycles. The van der Waals surface area contributed by atoms with Crippen molar-refractivity contribution in [2.45, 2.75) is 6.61 Å². The summed E-state index contributed by atoms with van der Waals surface area (Å²) in [5.74, 6) is 0.690. The van der Waals surface area contributed by atoms with Gasteiger partial charge in [-0.2, -0.15) is 0 Å². The smallest absolute Gasteiger partial charge is 0.242 e. The second-order valence-corrected chi connectivity index (χ2v) is 7.15. The highest BCUT2D eigenvalue weighted by Crippen LogP contribution is 2.18. The number of anilines is 1. The third-order valence-corrected chi connectivity index (χ3v) is 5.16. The lowest BCUT2D eigenvalue weighted by Gasteiger charge is -2.08. The molecule has 0 saturated carbocycles. The Morgan fingerprint density at radius 2 is 1.65 bits per heavy atom. The Morgan fingerprint density at radius 3 is 2.25 bits per heavy atom. The second kappa shape index (κ2) is 6.76. The van der Waals surface area contributed by atoms with Crippen LogP contribution >= 0.6 is 15.9 Å². The van der Waals surface area contributed by atoms with Gasteiger partial charge in [0.25, 0.3) is 0 Å². The Labute approximate surface area is 127 Å². The van der Waals surface area contributed by atoms with Gasteiger partial charge in [0.2, 0.25) is 10.0 Å². The van der Waals surface area contributed by atoms with Crippen molar-refractivity contribution in [2.75, 3.05) is 9.38 Å². The summed E-state index contributed by atoms with van der Waals surface area (Å²) in [6, 6.07) is 16.6. The highest BCUT2D eigenvalue weighted by Gasteiger charge is 2.07. The molecule has 0 spiro atoms. The predicted molar refractivity (Wildman–Crippen MR) is 83.6 cm³/mol. The van der Waals surface area contributed by atoms with Crippen LogP contribution in [-0.2, 0) is 16.6 Å². The average Bonchev–Trinajstić information content (AvgIpc) is 2.47. The molecule has 6 heteroatoms. The number of ether oxygens (including phenoxy) is 1. The zero-order valence-corrected chi connectivity index (χ0v) is 13.0. The van der Waals surface area contributed by atoms with Crippen molar-refractivity contribution in [3.8, 4) is 5.75 Å². The van der Waals surface area contributed by atoms with Gasteiger partial charge in [0.15, 0.2) is 0 Å². The Morgan fingerprint density at radius 1 is 1.00 bits per heavy atom. The van der Waals surface area contributed by atoms with Gasteiger partial charge in [0.1, 0.15) is 17.0 Å². The normalized spacial score (nSPS) is 11.1. The van der Waals surface area contributed by atoms with E-state index in [1.54, 1.807) is 24.3 Å². The summed E-state index contributed by atoms with van der Waals surface area (Å²) in [5, 5.41) is 0. The molecular weight excluding hydrogens is 342 g/mol. The van der Waals surface area contributed by atoms with Gasteiger partial charge < -0.3 is 4.74 Å². The number of benzene rings is 2. The van der Waals surface area contributed by atoms with E-state index in [-0.39, 0.29) is 4.66 Å².